The average molecular weight is 579 g/mol. The number of benzene rings is 3. The van der Waals surface area contributed by atoms with Crippen LogP contribution < -0.4 is 20.9 Å². The summed E-state index contributed by atoms with van der Waals surface area (Å²) >= 11 is 0. The number of esters is 2. The van der Waals surface area contributed by atoms with Crippen molar-refractivity contribution < 1.29 is 45.8 Å². The molecule has 0 atom stereocenters. The van der Waals surface area contributed by atoms with E-state index in [2.05, 4.69) is 0 Å². The lowest BCUT2D eigenvalue weighted by Crippen LogP contribution is -2.36. The summed E-state index contributed by atoms with van der Waals surface area (Å²) in [7, 11) is 0. The Labute approximate surface area is 232 Å². The molecule has 0 heterocycles. The number of anilines is 2. The van der Waals surface area contributed by atoms with E-state index in [9.17, 15) is 31.5 Å². The Morgan fingerprint density at radius 2 is 1.51 bits per heavy atom. The zero-order valence-corrected chi connectivity index (χ0v) is 21.8. The van der Waals surface area contributed by atoms with Crippen LogP contribution in [0.2, 0.25) is 0 Å². The molecule has 0 amide bonds. The molecule has 12 heteroatoms. The summed E-state index contributed by atoms with van der Waals surface area (Å²) in [6.45, 7) is 1.48. The van der Waals surface area contributed by atoms with Gasteiger partial charge in [-0.1, -0.05) is 12.1 Å². The Balaban J connectivity index is 1.62. The van der Waals surface area contributed by atoms with Crippen LogP contribution in [-0.4, -0.2) is 37.3 Å². The summed E-state index contributed by atoms with van der Waals surface area (Å²) in [5.41, 5.74) is 14.0. The van der Waals surface area contributed by atoms with E-state index in [1.807, 2.05) is 0 Å². The second-order valence-corrected chi connectivity index (χ2v) is 8.76. The SMILES string of the molecule is CCOC(=O)C(=Cc1ccc(C(=O)Oc2ccc(OCCCC(F)(F)C(F)(F)F)cc2)cc1)c1ccc(N)cc1N. The minimum absolute atomic E-state index is 0.151. The van der Waals surface area contributed by atoms with Gasteiger partial charge in [-0.05, 0) is 79.6 Å². The molecule has 218 valence electrons. The highest BCUT2D eigenvalue weighted by Gasteiger charge is 2.56. The number of alkyl halides is 5. The smallest absolute Gasteiger partial charge is 0.453 e. The zero-order chi connectivity index (χ0) is 30.2. The maximum atomic E-state index is 12.9. The highest BCUT2D eigenvalue weighted by Crippen LogP contribution is 2.38. The number of ether oxygens (including phenoxy) is 3. The van der Waals surface area contributed by atoms with Crippen LogP contribution in [0.5, 0.6) is 11.5 Å². The Bertz CT molecular complexity index is 1390. The summed E-state index contributed by atoms with van der Waals surface area (Å²) in [4.78, 5) is 25.2. The first kappa shape index (κ1) is 30.9. The van der Waals surface area contributed by atoms with Crippen LogP contribution in [0.15, 0.2) is 66.7 Å². The van der Waals surface area contributed by atoms with Crippen molar-refractivity contribution >= 4 is 35.0 Å². The van der Waals surface area contributed by atoms with E-state index >= 15 is 0 Å². The van der Waals surface area contributed by atoms with Crippen LogP contribution in [-0.2, 0) is 9.53 Å². The van der Waals surface area contributed by atoms with Gasteiger partial charge in [0.05, 0.1) is 24.4 Å². The van der Waals surface area contributed by atoms with Crippen LogP contribution >= 0.6 is 0 Å². The molecule has 0 unspecified atom stereocenters. The molecule has 7 nitrogen and oxygen atoms in total. The van der Waals surface area contributed by atoms with Crippen LogP contribution in [0.3, 0.4) is 0 Å². The van der Waals surface area contributed by atoms with Crippen LogP contribution in [0.25, 0.3) is 11.6 Å². The quantitative estimate of drug-likeness (QED) is 0.0506. The van der Waals surface area contributed by atoms with E-state index in [1.165, 1.54) is 42.5 Å². The molecule has 3 aromatic carbocycles. The second kappa shape index (κ2) is 13.2. The number of nitrogens with two attached hydrogens (primary N) is 2. The Morgan fingerprint density at radius 1 is 0.878 bits per heavy atom. The second-order valence-electron chi connectivity index (χ2n) is 8.76. The van der Waals surface area contributed by atoms with Crippen molar-refractivity contribution in [1.29, 1.82) is 0 Å². The third kappa shape index (κ3) is 8.44. The largest absolute Gasteiger partial charge is 0.494 e. The van der Waals surface area contributed by atoms with Gasteiger partial charge in [-0.25, -0.2) is 9.59 Å². The molecule has 0 fully saturated rings. The number of carbonyl (C=O) groups excluding carboxylic acids is 2. The monoisotopic (exact) mass is 578 g/mol. The third-order valence-electron chi connectivity index (χ3n) is 5.67. The lowest BCUT2D eigenvalue weighted by molar-refractivity contribution is -0.284. The van der Waals surface area contributed by atoms with Crippen molar-refractivity contribution in [1.82, 2.24) is 0 Å². The number of rotatable bonds is 11. The summed E-state index contributed by atoms with van der Waals surface area (Å²) in [6.07, 6.45) is -5.94. The van der Waals surface area contributed by atoms with Crippen molar-refractivity contribution in [2.45, 2.75) is 31.9 Å². The Morgan fingerprint density at radius 3 is 2.10 bits per heavy atom. The van der Waals surface area contributed by atoms with Gasteiger partial charge in [0.15, 0.2) is 0 Å². The topological polar surface area (TPSA) is 114 Å². The molecule has 0 saturated carbocycles. The zero-order valence-electron chi connectivity index (χ0n) is 21.8. The number of halogens is 5. The van der Waals surface area contributed by atoms with Crippen molar-refractivity contribution in [3.63, 3.8) is 0 Å². The lowest BCUT2D eigenvalue weighted by atomic mass is 10.00. The lowest BCUT2D eigenvalue weighted by Gasteiger charge is -2.19. The maximum Gasteiger partial charge on any atom is 0.453 e. The number of hydrogen-bond acceptors (Lipinski definition) is 7. The van der Waals surface area contributed by atoms with Crippen LogP contribution in [0.4, 0.5) is 33.3 Å². The Hall–Kier alpha value is -4.61. The van der Waals surface area contributed by atoms with Gasteiger partial charge in [-0.3, -0.25) is 0 Å². The number of nitrogen functional groups attached to an aromatic ring is 2. The van der Waals surface area contributed by atoms with E-state index in [-0.39, 0.29) is 35.8 Å². The molecule has 0 aliphatic carbocycles. The molecule has 0 bridgehead atoms. The standard InChI is InChI=1S/C29H27F5N2O5/c1-2-39-27(38)24(23-13-8-20(35)17-25(23)36)16-18-4-6-19(7-5-18)26(37)41-22-11-9-21(10-12-22)40-15-3-14-28(30,31)29(32,33)34/h4-13,16-17H,2-3,14-15,35-36H2,1H3. The van der Waals surface area contributed by atoms with Crippen LogP contribution in [0.1, 0.15) is 41.3 Å². The van der Waals surface area contributed by atoms with Crippen LogP contribution in [0, 0.1) is 0 Å². The minimum atomic E-state index is -5.60. The summed E-state index contributed by atoms with van der Waals surface area (Å²) in [5.74, 6) is -5.69. The van der Waals surface area contributed by atoms with E-state index in [1.54, 1.807) is 37.3 Å². The van der Waals surface area contributed by atoms with Gasteiger partial charge in [0, 0.05) is 23.4 Å². The molecule has 0 spiro atoms. The molecular weight excluding hydrogens is 551 g/mol. The fraction of sp³-hybridized carbons (Fsp3) is 0.241. The molecule has 0 aromatic heterocycles. The van der Waals surface area contributed by atoms with Gasteiger partial charge in [0.25, 0.3) is 0 Å². The maximum absolute atomic E-state index is 12.9. The van der Waals surface area contributed by atoms with Gasteiger partial charge >= 0.3 is 24.0 Å². The van der Waals surface area contributed by atoms with Gasteiger partial charge in [-0.2, -0.15) is 22.0 Å². The van der Waals surface area contributed by atoms with E-state index in [4.69, 9.17) is 25.7 Å². The first-order chi connectivity index (χ1) is 19.3. The normalized spacial score (nSPS) is 12.1. The minimum Gasteiger partial charge on any atom is -0.494 e. The number of hydrogen-bond donors (Lipinski definition) is 2. The summed E-state index contributed by atoms with van der Waals surface area (Å²) < 4.78 is 78.2. The first-order valence-electron chi connectivity index (χ1n) is 12.3. The molecule has 3 rings (SSSR count). The molecule has 41 heavy (non-hydrogen) atoms. The third-order valence-corrected chi connectivity index (χ3v) is 5.67. The summed E-state index contributed by atoms with van der Waals surface area (Å²) in [6, 6.07) is 16.5. The molecule has 3 aromatic rings. The fourth-order valence-electron chi connectivity index (χ4n) is 3.56. The first-order valence-corrected chi connectivity index (χ1v) is 12.3. The van der Waals surface area contributed by atoms with Gasteiger partial charge < -0.3 is 25.7 Å². The predicted molar refractivity (Wildman–Crippen MR) is 143 cm³/mol. The molecule has 0 aliphatic heterocycles. The molecule has 0 aliphatic rings. The van der Waals surface area contributed by atoms with Crippen molar-refractivity contribution in [2.24, 2.45) is 0 Å². The van der Waals surface area contributed by atoms with E-state index in [0.29, 0.717) is 22.5 Å². The van der Waals surface area contributed by atoms with Gasteiger partial charge in [0.2, 0.25) is 0 Å². The molecular formula is C29H27F5N2O5. The highest BCUT2D eigenvalue weighted by molar-refractivity contribution is 6.23. The fourth-order valence-corrected chi connectivity index (χ4v) is 3.56. The summed E-state index contributed by atoms with van der Waals surface area (Å²) in [5, 5.41) is 0. The predicted octanol–water partition coefficient (Wildman–Crippen LogP) is 6.53. The van der Waals surface area contributed by atoms with Crippen molar-refractivity contribution in [2.75, 3.05) is 24.7 Å². The van der Waals surface area contributed by atoms with Gasteiger partial charge in [0.1, 0.15) is 11.5 Å². The van der Waals surface area contributed by atoms with Crippen molar-refractivity contribution in [3.05, 3.63) is 83.4 Å². The highest BCUT2D eigenvalue weighted by atomic mass is 19.4. The van der Waals surface area contributed by atoms with E-state index in [0.717, 1.165) is 0 Å². The molecule has 0 radical (unpaired) electrons. The van der Waals surface area contributed by atoms with Crippen molar-refractivity contribution in [3.8, 4) is 11.5 Å². The molecule has 0 saturated heterocycles. The number of carbonyl (C=O) groups is 2. The van der Waals surface area contributed by atoms with E-state index < -0.39 is 36.9 Å². The molecule has 4 N–H and O–H groups in total. The average Bonchev–Trinajstić information content (AvgIpc) is 2.91. The van der Waals surface area contributed by atoms with Gasteiger partial charge in [-0.15, -0.1) is 0 Å². The Kier molecular flexibility index (Phi) is 9.93.